The summed E-state index contributed by atoms with van der Waals surface area (Å²) in [5.74, 6) is -0.150. The van der Waals surface area contributed by atoms with Crippen LogP contribution in [0.15, 0.2) is 34.1 Å². The molecule has 0 spiro atoms. The van der Waals surface area contributed by atoms with E-state index in [0.717, 1.165) is 50.0 Å². The monoisotopic (exact) mass is 442 g/mol. The number of ether oxygens (including phenoxy) is 1. The first-order valence-electron chi connectivity index (χ1n) is 10.5. The smallest absolute Gasteiger partial charge is 0.348 e. The van der Waals surface area contributed by atoms with Gasteiger partial charge in [0.05, 0.1) is 18.4 Å². The molecule has 0 bridgehead atoms. The van der Waals surface area contributed by atoms with E-state index in [1.807, 2.05) is 0 Å². The lowest BCUT2D eigenvalue weighted by atomic mass is 10.2. The van der Waals surface area contributed by atoms with Crippen LogP contribution >= 0.6 is 11.8 Å². The Morgan fingerprint density at radius 3 is 2.58 bits per heavy atom. The van der Waals surface area contributed by atoms with Gasteiger partial charge >= 0.3 is 5.69 Å². The van der Waals surface area contributed by atoms with Crippen LogP contribution < -0.4 is 16.3 Å². The molecular formula is C22H26N4O4S. The SMILES string of the molecule is CC(=O)Nc1ccc(NC(=O)CSc2nc(=O)n(C[C@H]3CCCO3)c3c2CCC3)cc1. The molecule has 1 aromatic heterocycles. The zero-order valence-electron chi connectivity index (χ0n) is 17.5. The van der Waals surface area contributed by atoms with Gasteiger partial charge in [-0.1, -0.05) is 11.8 Å². The van der Waals surface area contributed by atoms with E-state index in [2.05, 4.69) is 15.6 Å². The number of aromatic nitrogens is 2. The van der Waals surface area contributed by atoms with E-state index in [1.54, 1.807) is 28.8 Å². The van der Waals surface area contributed by atoms with Crippen LogP contribution in [0.2, 0.25) is 0 Å². The van der Waals surface area contributed by atoms with Crippen LogP contribution in [0.5, 0.6) is 0 Å². The molecule has 2 aromatic rings. The average Bonchev–Trinajstić information content (AvgIpc) is 3.42. The predicted molar refractivity (Wildman–Crippen MR) is 120 cm³/mol. The number of amides is 2. The van der Waals surface area contributed by atoms with Crippen LogP contribution in [-0.2, 0) is 33.7 Å². The summed E-state index contributed by atoms with van der Waals surface area (Å²) in [4.78, 5) is 40.5. The van der Waals surface area contributed by atoms with Crippen molar-refractivity contribution in [2.24, 2.45) is 0 Å². The van der Waals surface area contributed by atoms with Crippen molar-refractivity contribution in [3.05, 3.63) is 46.0 Å². The Bertz CT molecular complexity index is 1030. The summed E-state index contributed by atoms with van der Waals surface area (Å²) in [5, 5.41) is 6.18. The maximum Gasteiger partial charge on any atom is 0.348 e. The molecule has 2 N–H and O–H groups in total. The zero-order chi connectivity index (χ0) is 21.8. The molecule has 2 amide bonds. The Kier molecular flexibility index (Phi) is 6.72. The van der Waals surface area contributed by atoms with Crippen molar-refractivity contribution >= 4 is 35.0 Å². The molecule has 0 unspecified atom stereocenters. The van der Waals surface area contributed by atoms with Gasteiger partial charge in [0, 0.05) is 36.2 Å². The normalized spacial score (nSPS) is 17.4. The minimum Gasteiger partial charge on any atom is -0.376 e. The first kappa shape index (κ1) is 21.6. The molecule has 2 aliphatic rings. The molecule has 4 rings (SSSR count). The van der Waals surface area contributed by atoms with Crippen molar-refractivity contribution in [2.45, 2.75) is 56.7 Å². The maximum atomic E-state index is 12.7. The largest absolute Gasteiger partial charge is 0.376 e. The first-order chi connectivity index (χ1) is 15.0. The van der Waals surface area contributed by atoms with Crippen LogP contribution in [0.25, 0.3) is 0 Å². The highest BCUT2D eigenvalue weighted by Gasteiger charge is 2.25. The third-order valence-electron chi connectivity index (χ3n) is 5.44. The Hall–Kier alpha value is -2.65. The van der Waals surface area contributed by atoms with E-state index in [0.29, 0.717) is 22.9 Å². The maximum absolute atomic E-state index is 12.7. The number of hydrogen-bond donors (Lipinski definition) is 2. The molecule has 1 fully saturated rings. The molecule has 31 heavy (non-hydrogen) atoms. The van der Waals surface area contributed by atoms with Crippen LogP contribution in [0.4, 0.5) is 11.4 Å². The zero-order valence-corrected chi connectivity index (χ0v) is 18.3. The van der Waals surface area contributed by atoms with Gasteiger partial charge in [-0.15, -0.1) is 0 Å². The summed E-state index contributed by atoms with van der Waals surface area (Å²) in [6.45, 7) is 2.76. The highest BCUT2D eigenvalue weighted by atomic mass is 32.2. The lowest BCUT2D eigenvalue weighted by molar-refractivity contribution is -0.114. The van der Waals surface area contributed by atoms with Gasteiger partial charge in [0.1, 0.15) is 5.03 Å². The topological polar surface area (TPSA) is 102 Å². The summed E-state index contributed by atoms with van der Waals surface area (Å²) in [5.41, 5.74) is 3.20. The van der Waals surface area contributed by atoms with Crippen LogP contribution in [0.3, 0.4) is 0 Å². The summed E-state index contributed by atoms with van der Waals surface area (Å²) in [7, 11) is 0. The number of fused-ring (bicyclic) bond motifs is 1. The highest BCUT2D eigenvalue weighted by Crippen LogP contribution is 2.30. The molecule has 1 aliphatic carbocycles. The summed E-state index contributed by atoms with van der Waals surface area (Å²) in [6.07, 6.45) is 4.83. The molecule has 0 radical (unpaired) electrons. The number of carbonyl (C=O) groups is 2. The van der Waals surface area contributed by atoms with Crippen LogP contribution in [-0.4, -0.2) is 39.8 Å². The number of rotatable bonds is 7. The van der Waals surface area contributed by atoms with Gasteiger partial charge in [-0.2, -0.15) is 4.98 Å². The van der Waals surface area contributed by atoms with E-state index in [1.165, 1.54) is 18.7 Å². The number of nitrogens with zero attached hydrogens (tertiary/aromatic N) is 2. The van der Waals surface area contributed by atoms with Gasteiger partial charge in [-0.25, -0.2) is 4.79 Å². The van der Waals surface area contributed by atoms with Crippen LogP contribution in [0.1, 0.15) is 37.4 Å². The molecule has 1 aromatic carbocycles. The van der Waals surface area contributed by atoms with Crippen molar-refractivity contribution in [3.8, 4) is 0 Å². The number of nitrogens with one attached hydrogen (secondary N) is 2. The van der Waals surface area contributed by atoms with E-state index < -0.39 is 0 Å². The fourth-order valence-electron chi connectivity index (χ4n) is 4.06. The van der Waals surface area contributed by atoms with Crippen molar-refractivity contribution in [1.82, 2.24) is 9.55 Å². The van der Waals surface area contributed by atoms with Gasteiger partial charge in [0.15, 0.2) is 0 Å². The summed E-state index contributed by atoms with van der Waals surface area (Å²) in [6, 6.07) is 6.92. The molecular weight excluding hydrogens is 416 g/mol. The Morgan fingerprint density at radius 1 is 1.16 bits per heavy atom. The third-order valence-corrected chi connectivity index (χ3v) is 6.46. The highest BCUT2D eigenvalue weighted by molar-refractivity contribution is 8.00. The van der Waals surface area contributed by atoms with E-state index in [4.69, 9.17) is 4.74 Å². The predicted octanol–water partition coefficient (Wildman–Crippen LogP) is 2.60. The van der Waals surface area contributed by atoms with E-state index in [9.17, 15) is 14.4 Å². The first-order valence-corrected chi connectivity index (χ1v) is 11.5. The molecule has 2 heterocycles. The summed E-state index contributed by atoms with van der Waals surface area (Å²) < 4.78 is 7.47. The Balaban J connectivity index is 1.39. The summed E-state index contributed by atoms with van der Waals surface area (Å²) >= 11 is 1.31. The standard InChI is InChI=1S/C22H26N4O4S/c1-14(27)23-15-7-9-16(10-8-15)24-20(28)13-31-21-18-5-2-6-19(18)26(22(29)25-21)12-17-4-3-11-30-17/h7-10,17H,2-6,11-13H2,1H3,(H,23,27)(H,24,28)/t17-/m1/s1. The van der Waals surface area contributed by atoms with Gasteiger partial charge < -0.3 is 15.4 Å². The number of hydrogen-bond acceptors (Lipinski definition) is 6. The van der Waals surface area contributed by atoms with E-state index in [-0.39, 0.29) is 29.4 Å². The fourth-order valence-corrected chi connectivity index (χ4v) is 4.93. The van der Waals surface area contributed by atoms with Crippen molar-refractivity contribution in [2.75, 3.05) is 23.0 Å². The molecule has 164 valence electrons. The van der Waals surface area contributed by atoms with Crippen molar-refractivity contribution in [3.63, 3.8) is 0 Å². The quantitative estimate of drug-likeness (QED) is 0.505. The second-order valence-corrected chi connectivity index (χ2v) is 8.78. The van der Waals surface area contributed by atoms with Gasteiger partial charge in [-0.05, 0) is 56.4 Å². The Morgan fingerprint density at radius 2 is 1.90 bits per heavy atom. The second kappa shape index (κ2) is 9.65. The second-order valence-electron chi connectivity index (χ2n) is 7.82. The number of thioether (sulfide) groups is 1. The lowest BCUT2D eigenvalue weighted by Gasteiger charge is -2.17. The molecule has 0 saturated carbocycles. The molecule has 8 nitrogen and oxygen atoms in total. The molecule has 1 aliphatic heterocycles. The van der Waals surface area contributed by atoms with E-state index >= 15 is 0 Å². The number of carbonyl (C=O) groups excluding carboxylic acids is 2. The van der Waals surface area contributed by atoms with Crippen LogP contribution in [0, 0.1) is 0 Å². The fraction of sp³-hybridized carbons (Fsp3) is 0.455. The lowest BCUT2D eigenvalue weighted by Crippen LogP contribution is -2.31. The molecule has 1 saturated heterocycles. The molecule has 1 atom stereocenters. The van der Waals surface area contributed by atoms with Gasteiger partial charge in [-0.3, -0.25) is 14.2 Å². The Labute approximate surface area is 184 Å². The molecule has 9 heteroatoms. The van der Waals surface area contributed by atoms with Crippen molar-refractivity contribution < 1.29 is 14.3 Å². The minimum atomic E-state index is -0.257. The van der Waals surface area contributed by atoms with Crippen molar-refractivity contribution in [1.29, 1.82) is 0 Å². The van der Waals surface area contributed by atoms with Gasteiger partial charge in [0.25, 0.3) is 0 Å². The number of benzene rings is 1. The number of anilines is 2. The van der Waals surface area contributed by atoms with Gasteiger partial charge in [0.2, 0.25) is 11.8 Å². The third kappa shape index (κ3) is 5.34. The average molecular weight is 443 g/mol. The minimum absolute atomic E-state index is 0.0884.